The molecule has 1 amide bonds. The van der Waals surface area contributed by atoms with Gasteiger partial charge in [-0.1, -0.05) is 31.6 Å². The van der Waals surface area contributed by atoms with E-state index in [1.807, 2.05) is 13.8 Å². The van der Waals surface area contributed by atoms with Crippen molar-refractivity contribution in [3.05, 3.63) is 5.01 Å². The van der Waals surface area contributed by atoms with E-state index in [2.05, 4.69) is 15.5 Å². The highest BCUT2D eigenvalue weighted by Crippen LogP contribution is 2.39. The number of nitrogens with one attached hydrogen (secondary N) is 1. The maximum Gasteiger partial charge on any atom is 0.307 e. The molecule has 1 heterocycles. The Bertz CT molecular complexity index is 503. The zero-order chi connectivity index (χ0) is 14.7. The van der Waals surface area contributed by atoms with Gasteiger partial charge in [0.25, 0.3) is 0 Å². The van der Waals surface area contributed by atoms with E-state index >= 15 is 0 Å². The number of carboxylic acids is 1. The lowest BCUT2D eigenvalue weighted by Crippen LogP contribution is -2.29. The second-order valence-electron chi connectivity index (χ2n) is 5.14. The van der Waals surface area contributed by atoms with Gasteiger partial charge in [0.1, 0.15) is 5.01 Å². The van der Waals surface area contributed by atoms with Crippen LogP contribution in [0.3, 0.4) is 0 Å². The van der Waals surface area contributed by atoms with Gasteiger partial charge in [0.05, 0.1) is 11.8 Å². The number of aliphatic carboxylic acids is 1. The van der Waals surface area contributed by atoms with Gasteiger partial charge in [-0.2, -0.15) is 0 Å². The zero-order valence-electron chi connectivity index (χ0n) is 11.6. The third-order valence-corrected chi connectivity index (χ3v) is 4.87. The van der Waals surface area contributed by atoms with Gasteiger partial charge in [-0.15, -0.1) is 10.2 Å². The minimum Gasteiger partial charge on any atom is -0.481 e. The standard InChI is InChI=1S/C13H19N3O3S/c1-3-7-5-8(9(6-7)12(18)19)11(17)14-13-16-15-10(4-2)20-13/h7-9H,3-6H2,1-2H3,(H,18,19)(H,14,16,17)/t7?,8-,9+/m0/s1. The Morgan fingerprint density at radius 2 is 2.00 bits per heavy atom. The van der Waals surface area contributed by atoms with Gasteiger partial charge in [0.2, 0.25) is 11.0 Å². The van der Waals surface area contributed by atoms with Crippen molar-refractivity contribution in [2.45, 2.75) is 39.5 Å². The molecule has 0 radical (unpaired) electrons. The number of aromatic nitrogens is 2. The fraction of sp³-hybridized carbons (Fsp3) is 0.692. The summed E-state index contributed by atoms with van der Waals surface area (Å²) in [6.07, 6.45) is 2.90. The Kier molecular flexibility index (Phi) is 4.69. The van der Waals surface area contributed by atoms with Crippen LogP contribution in [0.15, 0.2) is 0 Å². The number of amides is 1. The van der Waals surface area contributed by atoms with E-state index < -0.39 is 17.8 Å². The fourth-order valence-electron chi connectivity index (χ4n) is 2.68. The normalized spacial score (nSPS) is 25.6. The predicted molar refractivity (Wildman–Crippen MR) is 75.5 cm³/mol. The molecule has 1 unspecified atom stereocenters. The van der Waals surface area contributed by atoms with Crippen LogP contribution in [0, 0.1) is 17.8 Å². The third-order valence-electron chi connectivity index (χ3n) is 3.89. The van der Waals surface area contributed by atoms with Crippen molar-refractivity contribution in [2.75, 3.05) is 5.32 Å². The molecule has 7 heteroatoms. The van der Waals surface area contributed by atoms with Crippen LogP contribution in [-0.4, -0.2) is 27.2 Å². The Hall–Kier alpha value is -1.50. The van der Waals surface area contributed by atoms with Gasteiger partial charge < -0.3 is 10.4 Å². The highest BCUT2D eigenvalue weighted by Gasteiger charge is 2.42. The molecule has 1 aromatic heterocycles. The average Bonchev–Trinajstić information content (AvgIpc) is 3.04. The van der Waals surface area contributed by atoms with Crippen LogP contribution in [0.25, 0.3) is 0 Å². The van der Waals surface area contributed by atoms with Gasteiger partial charge in [-0.3, -0.25) is 9.59 Å². The maximum absolute atomic E-state index is 12.3. The van der Waals surface area contributed by atoms with E-state index in [0.29, 0.717) is 23.9 Å². The monoisotopic (exact) mass is 297 g/mol. The Morgan fingerprint density at radius 1 is 1.30 bits per heavy atom. The molecule has 2 rings (SSSR count). The molecule has 1 aliphatic carbocycles. The number of hydrogen-bond donors (Lipinski definition) is 2. The van der Waals surface area contributed by atoms with Crippen molar-refractivity contribution in [3.8, 4) is 0 Å². The van der Waals surface area contributed by atoms with Crippen LogP contribution in [0.2, 0.25) is 0 Å². The number of nitrogens with zero attached hydrogens (tertiary/aromatic N) is 2. The van der Waals surface area contributed by atoms with Gasteiger partial charge in [-0.25, -0.2) is 0 Å². The van der Waals surface area contributed by atoms with Crippen LogP contribution < -0.4 is 5.32 Å². The largest absolute Gasteiger partial charge is 0.481 e. The summed E-state index contributed by atoms with van der Waals surface area (Å²) in [6.45, 7) is 4.00. The van der Waals surface area contributed by atoms with Gasteiger partial charge in [-0.05, 0) is 25.2 Å². The molecule has 1 fully saturated rings. The summed E-state index contributed by atoms with van der Waals surface area (Å²) in [5.74, 6) is -1.86. The average molecular weight is 297 g/mol. The van der Waals surface area contributed by atoms with E-state index in [1.165, 1.54) is 11.3 Å². The van der Waals surface area contributed by atoms with Crippen molar-refractivity contribution in [3.63, 3.8) is 0 Å². The van der Waals surface area contributed by atoms with Gasteiger partial charge >= 0.3 is 5.97 Å². The Balaban J connectivity index is 2.05. The first-order valence-electron chi connectivity index (χ1n) is 6.91. The molecule has 0 bridgehead atoms. The summed E-state index contributed by atoms with van der Waals surface area (Å²) in [7, 11) is 0. The molecule has 1 saturated carbocycles. The molecule has 3 atom stereocenters. The van der Waals surface area contributed by atoms with Crippen LogP contribution in [-0.2, 0) is 16.0 Å². The topological polar surface area (TPSA) is 92.2 Å². The second-order valence-corrected chi connectivity index (χ2v) is 6.20. The van der Waals surface area contributed by atoms with Crippen LogP contribution >= 0.6 is 11.3 Å². The molecule has 0 aliphatic heterocycles. The lowest BCUT2D eigenvalue weighted by atomic mass is 9.95. The molecule has 20 heavy (non-hydrogen) atoms. The van der Waals surface area contributed by atoms with Gasteiger partial charge in [0.15, 0.2) is 0 Å². The predicted octanol–water partition coefficient (Wildman–Crippen LogP) is 2.18. The van der Waals surface area contributed by atoms with Crippen molar-refractivity contribution in [1.29, 1.82) is 0 Å². The van der Waals surface area contributed by atoms with Crippen LogP contribution in [0.1, 0.15) is 38.1 Å². The highest BCUT2D eigenvalue weighted by molar-refractivity contribution is 7.15. The van der Waals surface area contributed by atoms with E-state index in [1.54, 1.807) is 0 Å². The molecule has 2 N–H and O–H groups in total. The third kappa shape index (κ3) is 3.15. The van der Waals surface area contributed by atoms with E-state index in [4.69, 9.17) is 0 Å². The highest BCUT2D eigenvalue weighted by atomic mass is 32.1. The zero-order valence-corrected chi connectivity index (χ0v) is 12.4. The Labute approximate surface area is 121 Å². The van der Waals surface area contributed by atoms with Crippen molar-refractivity contribution in [2.24, 2.45) is 17.8 Å². The molecular formula is C13H19N3O3S. The lowest BCUT2D eigenvalue weighted by Gasteiger charge is -2.13. The van der Waals surface area contributed by atoms with Crippen molar-refractivity contribution >= 4 is 28.3 Å². The number of anilines is 1. The number of carboxylic acid groups (broad SMARTS) is 1. The fourth-order valence-corrected chi connectivity index (χ4v) is 3.37. The molecule has 110 valence electrons. The van der Waals surface area contributed by atoms with E-state index in [-0.39, 0.29) is 5.91 Å². The second kappa shape index (κ2) is 6.30. The van der Waals surface area contributed by atoms with Gasteiger partial charge in [0, 0.05) is 0 Å². The Morgan fingerprint density at radius 3 is 2.55 bits per heavy atom. The quantitative estimate of drug-likeness (QED) is 0.869. The molecular weight excluding hydrogens is 278 g/mol. The van der Waals surface area contributed by atoms with Crippen LogP contribution in [0.5, 0.6) is 0 Å². The summed E-state index contributed by atoms with van der Waals surface area (Å²) < 4.78 is 0. The summed E-state index contributed by atoms with van der Waals surface area (Å²) >= 11 is 1.33. The van der Waals surface area contributed by atoms with E-state index in [0.717, 1.165) is 17.8 Å². The summed E-state index contributed by atoms with van der Waals surface area (Å²) in [5, 5.41) is 21.1. The van der Waals surface area contributed by atoms with Crippen molar-refractivity contribution in [1.82, 2.24) is 10.2 Å². The molecule has 0 spiro atoms. The van der Waals surface area contributed by atoms with E-state index in [9.17, 15) is 14.7 Å². The molecule has 0 saturated heterocycles. The first-order valence-corrected chi connectivity index (χ1v) is 7.72. The summed E-state index contributed by atoms with van der Waals surface area (Å²) in [4.78, 5) is 23.5. The summed E-state index contributed by atoms with van der Waals surface area (Å²) in [5.41, 5.74) is 0. The number of rotatable bonds is 5. The summed E-state index contributed by atoms with van der Waals surface area (Å²) in [6, 6.07) is 0. The SMILES string of the molecule is CCc1nnc(NC(=O)[C@H]2CC(CC)C[C@H]2C(=O)O)s1. The maximum atomic E-state index is 12.3. The minimum atomic E-state index is -0.882. The molecule has 1 aliphatic rings. The van der Waals surface area contributed by atoms with Crippen LogP contribution in [0.4, 0.5) is 5.13 Å². The number of carbonyl (C=O) groups excluding carboxylic acids is 1. The number of aryl methyl sites for hydroxylation is 1. The smallest absolute Gasteiger partial charge is 0.307 e. The molecule has 1 aromatic rings. The first-order chi connectivity index (χ1) is 9.55. The number of hydrogen-bond acceptors (Lipinski definition) is 5. The molecule has 6 nitrogen and oxygen atoms in total. The molecule has 0 aromatic carbocycles. The first kappa shape index (κ1) is 14.9. The van der Waals surface area contributed by atoms with Crippen molar-refractivity contribution < 1.29 is 14.7 Å². The lowest BCUT2D eigenvalue weighted by molar-refractivity contribution is -0.145. The minimum absolute atomic E-state index is 0.243. The number of carbonyl (C=O) groups is 2.